The molecule has 1 aromatic carbocycles. The Labute approximate surface area is 103 Å². The monoisotopic (exact) mass is 242 g/mol. The molecule has 0 amide bonds. The number of aryl methyl sites for hydroxylation is 2. The number of rotatable bonds is 5. The first kappa shape index (κ1) is 13.5. The predicted molar refractivity (Wildman–Crippen MR) is 68.6 cm³/mol. The number of halogens is 2. The Kier molecular flexibility index (Phi) is 5.27. The van der Waals surface area contributed by atoms with Crippen molar-refractivity contribution in [2.75, 3.05) is 0 Å². The van der Waals surface area contributed by atoms with Crippen LogP contribution in [0.3, 0.4) is 0 Å². The van der Waals surface area contributed by atoms with Crippen molar-refractivity contribution in [1.29, 1.82) is 0 Å². The summed E-state index contributed by atoms with van der Waals surface area (Å²) in [6.45, 7) is 6.35. The molecule has 0 saturated heterocycles. The molecule has 0 nitrogen and oxygen atoms in total. The lowest BCUT2D eigenvalue weighted by atomic mass is 9.99. The van der Waals surface area contributed by atoms with E-state index in [-0.39, 0.29) is 11.2 Å². The molecule has 0 heterocycles. The lowest BCUT2D eigenvalue weighted by Crippen LogP contribution is -2.05. The van der Waals surface area contributed by atoms with Gasteiger partial charge in [-0.2, -0.15) is 0 Å². The smallest absolute Gasteiger partial charge is 0.123 e. The molecule has 0 radical (unpaired) electrons. The van der Waals surface area contributed by atoms with E-state index in [2.05, 4.69) is 13.8 Å². The average Bonchev–Trinajstić information content (AvgIpc) is 2.18. The lowest BCUT2D eigenvalue weighted by Gasteiger charge is -2.12. The second-order valence-corrected chi connectivity index (χ2v) is 5.45. The molecule has 1 aromatic rings. The zero-order valence-electron chi connectivity index (χ0n) is 10.3. The zero-order chi connectivity index (χ0) is 12.1. The van der Waals surface area contributed by atoms with E-state index in [9.17, 15) is 4.39 Å². The maximum Gasteiger partial charge on any atom is 0.123 e. The van der Waals surface area contributed by atoms with Crippen LogP contribution < -0.4 is 0 Å². The Hall–Kier alpha value is -0.560. The van der Waals surface area contributed by atoms with Crippen molar-refractivity contribution >= 4 is 11.6 Å². The van der Waals surface area contributed by atoms with Crippen molar-refractivity contribution in [2.24, 2.45) is 5.92 Å². The topological polar surface area (TPSA) is 0 Å². The molecule has 1 atom stereocenters. The first-order valence-corrected chi connectivity index (χ1v) is 6.31. The van der Waals surface area contributed by atoms with Gasteiger partial charge in [0.05, 0.1) is 0 Å². The summed E-state index contributed by atoms with van der Waals surface area (Å²) >= 11 is 6.22. The van der Waals surface area contributed by atoms with Gasteiger partial charge in [-0.05, 0) is 55.4 Å². The van der Waals surface area contributed by atoms with E-state index in [0.717, 1.165) is 30.4 Å². The van der Waals surface area contributed by atoms with Gasteiger partial charge in [0.2, 0.25) is 0 Å². The summed E-state index contributed by atoms with van der Waals surface area (Å²) in [4.78, 5) is 0. The normalized spacial score (nSPS) is 13.1. The number of hydrogen-bond acceptors (Lipinski definition) is 0. The van der Waals surface area contributed by atoms with Gasteiger partial charge < -0.3 is 0 Å². The van der Waals surface area contributed by atoms with Gasteiger partial charge >= 0.3 is 0 Å². The highest BCUT2D eigenvalue weighted by atomic mass is 35.5. The van der Waals surface area contributed by atoms with Crippen molar-refractivity contribution in [3.63, 3.8) is 0 Å². The van der Waals surface area contributed by atoms with Crippen LogP contribution in [0.1, 0.15) is 37.8 Å². The molecule has 0 saturated carbocycles. The fourth-order valence-corrected chi connectivity index (χ4v) is 2.32. The van der Waals surface area contributed by atoms with Gasteiger partial charge in [0.1, 0.15) is 5.82 Å². The van der Waals surface area contributed by atoms with E-state index in [0.29, 0.717) is 5.92 Å². The number of hydrogen-bond donors (Lipinski definition) is 0. The third kappa shape index (κ3) is 4.52. The Balaban J connectivity index is 2.51. The SMILES string of the molecule is Cc1ccc(F)cc1CCC(Cl)CC(C)C. The molecule has 0 bridgehead atoms. The second kappa shape index (κ2) is 6.24. The van der Waals surface area contributed by atoms with Gasteiger partial charge in [0, 0.05) is 5.38 Å². The summed E-state index contributed by atoms with van der Waals surface area (Å²) in [5.74, 6) is 0.465. The maximum absolute atomic E-state index is 13.0. The first-order chi connectivity index (χ1) is 7.49. The van der Waals surface area contributed by atoms with Crippen molar-refractivity contribution in [2.45, 2.75) is 45.4 Å². The summed E-state index contributed by atoms with van der Waals surface area (Å²) in [6.07, 6.45) is 2.81. The van der Waals surface area contributed by atoms with Gasteiger partial charge in [0.25, 0.3) is 0 Å². The van der Waals surface area contributed by atoms with Crippen LogP contribution in [0.2, 0.25) is 0 Å². The summed E-state index contributed by atoms with van der Waals surface area (Å²) < 4.78 is 13.0. The van der Waals surface area contributed by atoms with Crippen molar-refractivity contribution < 1.29 is 4.39 Å². The lowest BCUT2D eigenvalue weighted by molar-refractivity contribution is 0.543. The molecule has 0 spiro atoms. The zero-order valence-corrected chi connectivity index (χ0v) is 11.0. The number of benzene rings is 1. The highest BCUT2D eigenvalue weighted by Crippen LogP contribution is 2.19. The van der Waals surface area contributed by atoms with Crippen LogP contribution in [0.25, 0.3) is 0 Å². The Morgan fingerprint density at radius 1 is 1.31 bits per heavy atom. The minimum atomic E-state index is -0.157. The standard InChI is InChI=1S/C14H20ClF/c1-10(2)8-13(15)6-5-12-9-14(16)7-4-11(12)3/h4,7,9-10,13H,5-6,8H2,1-3H3. The molecule has 2 heteroatoms. The van der Waals surface area contributed by atoms with Crippen molar-refractivity contribution in [1.82, 2.24) is 0 Å². The molecule has 90 valence electrons. The van der Waals surface area contributed by atoms with E-state index >= 15 is 0 Å². The fraction of sp³-hybridized carbons (Fsp3) is 0.571. The van der Waals surface area contributed by atoms with E-state index < -0.39 is 0 Å². The molecule has 0 N–H and O–H groups in total. The van der Waals surface area contributed by atoms with Crippen LogP contribution >= 0.6 is 11.6 Å². The van der Waals surface area contributed by atoms with Gasteiger partial charge in [-0.1, -0.05) is 19.9 Å². The Morgan fingerprint density at radius 3 is 2.62 bits per heavy atom. The minimum Gasteiger partial charge on any atom is -0.207 e. The second-order valence-electron chi connectivity index (χ2n) is 4.84. The van der Waals surface area contributed by atoms with Gasteiger partial charge in [0.15, 0.2) is 0 Å². The summed E-state index contributed by atoms with van der Waals surface area (Å²) in [5.41, 5.74) is 2.23. The van der Waals surface area contributed by atoms with Crippen LogP contribution in [-0.4, -0.2) is 5.38 Å². The molecule has 0 aromatic heterocycles. The molecule has 1 unspecified atom stereocenters. The predicted octanol–water partition coefficient (Wildman–Crippen LogP) is 4.72. The summed E-state index contributed by atoms with van der Waals surface area (Å²) in [6, 6.07) is 4.95. The van der Waals surface area contributed by atoms with E-state index in [4.69, 9.17) is 11.6 Å². The number of alkyl halides is 1. The van der Waals surface area contributed by atoms with Crippen molar-refractivity contribution in [3.8, 4) is 0 Å². The molecule has 0 aliphatic rings. The maximum atomic E-state index is 13.0. The molecule has 0 fully saturated rings. The summed E-state index contributed by atoms with van der Waals surface area (Å²) in [7, 11) is 0. The third-order valence-electron chi connectivity index (χ3n) is 2.77. The Morgan fingerprint density at radius 2 is 2.00 bits per heavy atom. The van der Waals surface area contributed by atoms with Crippen molar-refractivity contribution in [3.05, 3.63) is 35.1 Å². The molecule has 0 aliphatic heterocycles. The molecule has 1 rings (SSSR count). The van der Waals surface area contributed by atoms with Gasteiger partial charge in [-0.15, -0.1) is 11.6 Å². The van der Waals surface area contributed by atoms with E-state index in [1.54, 1.807) is 6.07 Å². The van der Waals surface area contributed by atoms with Gasteiger partial charge in [-0.3, -0.25) is 0 Å². The molecular weight excluding hydrogens is 223 g/mol. The first-order valence-electron chi connectivity index (χ1n) is 5.88. The molecule has 0 aliphatic carbocycles. The van der Waals surface area contributed by atoms with Gasteiger partial charge in [-0.25, -0.2) is 4.39 Å². The van der Waals surface area contributed by atoms with Crippen LogP contribution in [0.5, 0.6) is 0 Å². The molecule has 16 heavy (non-hydrogen) atoms. The Bertz CT molecular complexity index is 334. The highest BCUT2D eigenvalue weighted by Gasteiger charge is 2.09. The van der Waals surface area contributed by atoms with Crippen LogP contribution in [0.4, 0.5) is 4.39 Å². The average molecular weight is 243 g/mol. The quantitative estimate of drug-likeness (QED) is 0.656. The van der Waals surface area contributed by atoms with E-state index in [1.165, 1.54) is 6.07 Å². The van der Waals surface area contributed by atoms with Crippen LogP contribution in [-0.2, 0) is 6.42 Å². The minimum absolute atomic E-state index is 0.157. The van der Waals surface area contributed by atoms with Crippen LogP contribution in [0, 0.1) is 18.7 Å². The van der Waals surface area contributed by atoms with Crippen LogP contribution in [0.15, 0.2) is 18.2 Å². The largest absolute Gasteiger partial charge is 0.207 e. The highest BCUT2D eigenvalue weighted by molar-refractivity contribution is 6.20. The van der Waals surface area contributed by atoms with E-state index in [1.807, 2.05) is 13.0 Å². The fourth-order valence-electron chi connectivity index (χ4n) is 1.85. The summed E-state index contributed by atoms with van der Waals surface area (Å²) in [5, 5.41) is 0.197. The third-order valence-corrected chi connectivity index (χ3v) is 3.16. The molecular formula is C14H20ClF.